The molecule has 0 saturated carbocycles. The Morgan fingerprint density at radius 1 is 1.20 bits per heavy atom. The number of ether oxygens (including phenoxy) is 1. The van der Waals surface area contributed by atoms with E-state index < -0.39 is 29.9 Å². The SMILES string of the molecule is C[C@@H]1CN([C@H](C)CO)C(=O)c2cc(NC(=O)Cn3cnnn3)ccc2O[C@H]1CN(C)C(=O)Nc1ccc(F)cc1. The summed E-state index contributed by atoms with van der Waals surface area (Å²) in [4.78, 5) is 41.9. The van der Waals surface area contributed by atoms with Gasteiger partial charge in [0.05, 0.1) is 24.8 Å². The highest BCUT2D eigenvalue weighted by Crippen LogP contribution is 2.30. The molecule has 0 spiro atoms. The van der Waals surface area contributed by atoms with Gasteiger partial charge in [0.25, 0.3) is 5.91 Å². The molecule has 0 saturated heterocycles. The fourth-order valence-corrected chi connectivity index (χ4v) is 4.22. The Hall–Kier alpha value is -4.59. The number of aliphatic hydroxyl groups is 1. The van der Waals surface area contributed by atoms with Gasteiger partial charge in [-0.05, 0) is 59.8 Å². The Morgan fingerprint density at radius 2 is 1.93 bits per heavy atom. The van der Waals surface area contributed by atoms with E-state index in [1.54, 1.807) is 31.0 Å². The van der Waals surface area contributed by atoms with E-state index in [9.17, 15) is 23.9 Å². The largest absolute Gasteiger partial charge is 0.487 e. The van der Waals surface area contributed by atoms with Crippen molar-refractivity contribution >= 4 is 29.2 Å². The third kappa shape index (κ3) is 6.88. The number of likely N-dealkylation sites (N-methyl/N-ethyl adjacent to an activating group) is 1. The molecule has 14 heteroatoms. The van der Waals surface area contributed by atoms with E-state index in [1.165, 1.54) is 46.2 Å². The van der Waals surface area contributed by atoms with Gasteiger partial charge in [-0.2, -0.15) is 0 Å². The second-order valence-corrected chi connectivity index (χ2v) is 9.71. The fourth-order valence-electron chi connectivity index (χ4n) is 4.22. The molecule has 4 rings (SSSR count). The van der Waals surface area contributed by atoms with Gasteiger partial charge in [0, 0.05) is 30.9 Å². The van der Waals surface area contributed by atoms with E-state index in [4.69, 9.17) is 4.74 Å². The number of anilines is 2. The molecule has 0 fully saturated rings. The number of nitrogens with one attached hydrogen (secondary N) is 2. The van der Waals surface area contributed by atoms with Crippen molar-refractivity contribution in [3.63, 3.8) is 0 Å². The van der Waals surface area contributed by atoms with Crippen molar-refractivity contribution in [2.45, 2.75) is 32.5 Å². The number of hydrogen-bond donors (Lipinski definition) is 3. The van der Waals surface area contributed by atoms with Crippen LogP contribution in [0.3, 0.4) is 0 Å². The molecule has 4 amide bonds. The number of rotatable bonds is 8. The first-order chi connectivity index (χ1) is 19.1. The number of carbonyl (C=O) groups is 3. The van der Waals surface area contributed by atoms with Crippen molar-refractivity contribution < 1.29 is 28.6 Å². The first-order valence-electron chi connectivity index (χ1n) is 12.7. The van der Waals surface area contributed by atoms with Crippen LogP contribution in [0.25, 0.3) is 0 Å². The van der Waals surface area contributed by atoms with Crippen molar-refractivity contribution in [3.8, 4) is 5.75 Å². The van der Waals surface area contributed by atoms with Gasteiger partial charge in [-0.25, -0.2) is 13.9 Å². The van der Waals surface area contributed by atoms with E-state index in [-0.39, 0.29) is 49.4 Å². The number of benzene rings is 2. The van der Waals surface area contributed by atoms with Crippen LogP contribution < -0.4 is 15.4 Å². The molecule has 3 N–H and O–H groups in total. The van der Waals surface area contributed by atoms with Crippen LogP contribution in [-0.2, 0) is 11.3 Å². The predicted octanol–water partition coefficient (Wildman–Crippen LogP) is 1.83. The Balaban J connectivity index is 1.55. The van der Waals surface area contributed by atoms with Crippen LogP contribution in [0.2, 0.25) is 0 Å². The number of aliphatic hydroxyl groups excluding tert-OH is 1. The lowest BCUT2D eigenvalue weighted by atomic mass is 9.99. The highest BCUT2D eigenvalue weighted by molar-refractivity contribution is 6.00. The molecular weight excluding hydrogens is 523 g/mol. The normalized spacial score (nSPS) is 17.6. The number of halogens is 1. The second-order valence-electron chi connectivity index (χ2n) is 9.71. The van der Waals surface area contributed by atoms with Gasteiger partial charge < -0.3 is 30.3 Å². The molecule has 1 aromatic heterocycles. The molecule has 1 aliphatic heterocycles. The van der Waals surface area contributed by atoms with Crippen LogP contribution in [-0.4, -0.2) is 91.8 Å². The minimum atomic E-state index is -0.524. The number of urea groups is 1. The zero-order valence-corrected chi connectivity index (χ0v) is 22.3. The smallest absolute Gasteiger partial charge is 0.321 e. The number of fused-ring (bicyclic) bond motifs is 1. The first kappa shape index (κ1) is 28.4. The standard InChI is InChI=1S/C26H31FN8O5/c1-16-11-35(17(2)14-36)25(38)21-10-20(29-24(37)13-34-15-28-31-32-34)8-9-22(21)40-23(16)12-33(3)26(39)30-19-6-4-18(27)5-7-19/h4-10,15-17,23,36H,11-14H2,1-3H3,(H,29,37)(H,30,39)/t16-,17-,23+/m1/s1. The Labute approximate surface area is 229 Å². The molecule has 40 heavy (non-hydrogen) atoms. The zero-order valence-electron chi connectivity index (χ0n) is 22.3. The zero-order chi connectivity index (χ0) is 28.8. The molecule has 3 aromatic rings. The minimum absolute atomic E-state index is 0.117. The Kier molecular flexibility index (Phi) is 8.89. The number of aromatic nitrogens is 4. The van der Waals surface area contributed by atoms with Gasteiger partial charge in [-0.1, -0.05) is 6.92 Å². The number of nitrogens with zero attached hydrogens (tertiary/aromatic N) is 6. The summed E-state index contributed by atoms with van der Waals surface area (Å²) >= 11 is 0. The van der Waals surface area contributed by atoms with Gasteiger partial charge >= 0.3 is 6.03 Å². The van der Waals surface area contributed by atoms with Gasteiger partial charge in [0.15, 0.2) is 0 Å². The average molecular weight is 555 g/mol. The van der Waals surface area contributed by atoms with Gasteiger partial charge in [0.1, 0.15) is 30.5 Å². The molecule has 0 aliphatic carbocycles. The van der Waals surface area contributed by atoms with Gasteiger partial charge in [-0.15, -0.1) is 5.10 Å². The highest BCUT2D eigenvalue weighted by Gasteiger charge is 2.34. The summed E-state index contributed by atoms with van der Waals surface area (Å²) in [6, 6.07) is 9.25. The maximum absolute atomic E-state index is 13.6. The van der Waals surface area contributed by atoms with Crippen LogP contribution in [0, 0.1) is 11.7 Å². The lowest BCUT2D eigenvalue weighted by molar-refractivity contribution is -0.116. The maximum atomic E-state index is 13.6. The maximum Gasteiger partial charge on any atom is 0.321 e. The average Bonchev–Trinajstić information content (AvgIpc) is 3.44. The molecule has 2 aromatic carbocycles. The first-order valence-corrected chi connectivity index (χ1v) is 12.7. The van der Waals surface area contributed by atoms with Crippen molar-refractivity contribution in [2.75, 3.05) is 37.4 Å². The summed E-state index contributed by atoms with van der Waals surface area (Å²) in [7, 11) is 1.61. The topological polar surface area (TPSA) is 155 Å². The minimum Gasteiger partial charge on any atom is -0.487 e. The molecule has 1 aliphatic rings. The van der Waals surface area contributed by atoms with Crippen molar-refractivity contribution in [2.24, 2.45) is 5.92 Å². The Morgan fingerprint density at radius 3 is 2.60 bits per heavy atom. The van der Waals surface area contributed by atoms with Crippen molar-refractivity contribution in [3.05, 3.63) is 60.2 Å². The summed E-state index contributed by atoms with van der Waals surface area (Å²) in [6.45, 7) is 3.71. The molecule has 13 nitrogen and oxygen atoms in total. The number of tetrazole rings is 1. The van der Waals surface area contributed by atoms with E-state index in [0.29, 0.717) is 11.4 Å². The van der Waals surface area contributed by atoms with E-state index >= 15 is 0 Å². The molecule has 212 valence electrons. The summed E-state index contributed by atoms with van der Waals surface area (Å²) < 4.78 is 20.8. The monoisotopic (exact) mass is 554 g/mol. The lowest BCUT2D eigenvalue weighted by Crippen LogP contribution is -2.50. The van der Waals surface area contributed by atoms with Crippen LogP contribution in [0.4, 0.5) is 20.6 Å². The lowest BCUT2D eigenvalue weighted by Gasteiger charge is -2.38. The van der Waals surface area contributed by atoms with Crippen molar-refractivity contribution in [1.82, 2.24) is 30.0 Å². The molecule has 3 atom stereocenters. The third-order valence-electron chi connectivity index (χ3n) is 6.54. The molecule has 0 unspecified atom stereocenters. The highest BCUT2D eigenvalue weighted by atomic mass is 19.1. The molecule has 2 heterocycles. The summed E-state index contributed by atoms with van der Waals surface area (Å²) in [5.41, 5.74) is 1.01. The van der Waals surface area contributed by atoms with Gasteiger partial charge in [0.2, 0.25) is 5.91 Å². The number of amides is 4. The van der Waals surface area contributed by atoms with Crippen molar-refractivity contribution in [1.29, 1.82) is 0 Å². The third-order valence-corrected chi connectivity index (χ3v) is 6.54. The number of hydrogen-bond acceptors (Lipinski definition) is 8. The second kappa shape index (κ2) is 12.5. The predicted molar refractivity (Wildman–Crippen MR) is 142 cm³/mol. The quantitative estimate of drug-likeness (QED) is 0.381. The van der Waals surface area contributed by atoms with E-state index in [1.807, 2.05) is 6.92 Å². The van der Waals surface area contributed by atoms with Gasteiger partial charge in [-0.3, -0.25) is 9.59 Å². The fraction of sp³-hybridized carbons (Fsp3) is 0.385. The van der Waals surface area contributed by atoms with Crippen LogP contribution in [0.1, 0.15) is 24.2 Å². The molecule has 0 bridgehead atoms. The van der Waals surface area contributed by atoms with E-state index in [2.05, 4.69) is 26.2 Å². The molecule has 0 radical (unpaired) electrons. The van der Waals surface area contributed by atoms with Crippen LogP contribution in [0.15, 0.2) is 48.8 Å². The summed E-state index contributed by atoms with van der Waals surface area (Å²) in [5, 5.41) is 25.9. The van der Waals surface area contributed by atoms with E-state index in [0.717, 1.165) is 0 Å². The number of carbonyl (C=O) groups excluding carboxylic acids is 3. The van der Waals surface area contributed by atoms with Crippen LogP contribution >= 0.6 is 0 Å². The summed E-state index contributed by atoms with van der Waals surface area (Å²) in [5.74, 6) is -1.10. The summed E-state index contributed by atoms with van der Waals surface area (Å²) in [6.07, 6.45) is 0.786. The Bertz CT molecular complexity index is 1340. The molecular formula is C26H31FN8O5. The van der Waals surface area contributed by atoms with Crippen LogP contribution in [0.5, 0.6) is 5.75 Å².